The van der Waals surface area contributed by atoms with Gasteiger partial charge in [-0.25, -0.2) is 0 Å². The molecule has 8 heteroatoms. The van der Waals surface area contributed by atoms with Crippen LogP contribution in [0, 0.1) is 5.92 Å². The Hall–Kier alpha value is -1.89. The summed E-state index contributed by atoms with van der Waals surface area (Å²) in [7, 11) is 1.60. The van der Waals surface area contributed by atoms with Crippen LogP contribution in [-0.4, -0.2) is 42.2 Å². The molecule has 0 bridgehead atoms. The molecule has 0 fully saturated rings. The molecule has 0 aliphatic heterocycles. The molecule has 0 aliphatic rings. The van der Waals surface area contributed by atoms with Crippen LogP contribution in [0.15, 0.2) is 42.5 Å². The minimum absolute atomic E-state index is 0.113. The lowest BCUT2D eigenvalue weighted by Gasteiger charge is -2.31. The predicted molar refractivity (Wildman–Crippen MR) is 138 cm³/mol. The number of ether oxygens (including phenoxy) is 1. The van der Waals surface area contributed by atoms with Crippen LogP contribution < -0.4 is 10.1 Å². The van der Waals surface area contributed by atoms with Crippen molar-refractivity contribution in [1.29, 1.82) is 0 Å². The molecule has 0 saturated carbocycles. The highest BCUT2D eigenvalue weighted by Gasteiger charge is 2.28. The minimum atomic E-state index is -0.563. The van der Waals surface area contributed by atoms with Crippen molar-refractivity contribution >= 4 is 46.8 Å². The first-order valence-corrected chi connectivity index (χ1v) is 12.9. The zero-order valence-corrected chi connectivity index (χ0v) is 21.9. The highest BCUT2D eigenvalue weighted by Crippen LogP contribution is 2.28. The molecule has 2 aromatic carbocycles. The molecule has 5 nitrogen and oxygen atoms in total. The van der Waals surface area contributed by atoms with E-state index in [1.165, 1.54) is 11.8 Å². The Labute approximate surface area is 211 Å². The van der Waals surface area contributed by atoms with E-state index < -0.39 is 6.04 Å². The van der Waals surface area contributed by atoms with Crippen molar-refractivity contribution in [1.82, 2.24) is 10.2 Å². The van der Waals surface area contributed by atoms with Gasteiger partial charge in [0, 0.05) is 28.9 Å². The van der Waals surface area contributed by atoms with Crippen molar-refractivity contribution in [2.45, 2.75) is 45.5 Å². The fraction of sp³-hybridized carbons (Fsp3) is 0.440. The summed E-state index contributed by atoms with van der Waals surface area (Å²) in [6.45, 7) is 6.88. The molecule has 2 aromatic rings. The number of nitrogens with zero attached hydrogens (tertiary/aromatic N) is 1. The van der Waals surface area contributed by atoms with Crippen LogP contribution in [0.5, 0.6) is 5.75 Å². The van der Waals surface area contributed by atoms with E-state index >= 15 is 0 Å². The third kappa shape index (κ3) is 8.43. The van der Waals surface area contributed by atoms with Gasteiger partial charge in [0.2, 0.25) is 11.8 Å². The van der Waals surface area contributed by atoms with Gasteiger partial charge in [0.25, 0.3) is 0 Å². The van der Waals surface area contributed by atoms with E-state index in [-0.39, 0.29) is 17.6 Å². The lowest BCUT2D eigenvalue weighted by molar-refractivity contribution is -0.139. The van der Waals surface area contributed by atoms with Gasteiger partial charge in [-0.05, 0) is 47.7 Å². The molecule has 0 aliphatic carbocycles. The molecule has 0 spiro atoms. The number of rotatable bonds is 12. The van der Waals surface area contributed by atoms with E-state index in [9.17, 15) is 9.59 Å². The van der Waals surface area contributed by atoms with Gasteiger partial charge < -0.3 is 15.0 Å². The molecular weight excluding hydrogens is 479 g/mol. The van der Waals surface area contributed by atoms with Crippen molar-refractivity contribution in [3.8, 4) is 5.75 Å². The highest BCUT2D eigenvalue weighted by atomic mass is 35.5. The number of thioether (sulfide) groups is 1. The molecular formula is C25H32Cl2N2O3S. The van der Waals surface area contributed by atoms with Crippen LogP contribution in [0.2, 0.25) is 10.0 Å². The molecule has 0 radical (unpaired) electrons. The Morgan fingerprint density at radius 2 is 1.79 bits per heavy atom. The minimum Gasteiger partial charge on any atom is -0.497 e. The fourth-order valence-corrected chi connectivity index (χ4v) is 4.95. The number of halogens is 2. The molecule has 0 unspecified atom stereocenters. The van der Waals surface area contributed by atoms with Gasteiger partial charge in [0.15, 0.2) is 0 Å². The second-order valence-electron chi connectivity index (χ2n) is 8.13. The van der Waals surface area contributed by atoms with Crippen molar-refractivity contribution in [3.63, 3.8) is 0 Å². The Morgan fingerprint density at radius 3 is 2.39 bits per heavy atom. The third-order valence-corrected chi connectivity index (χ3v) is 6.74. The molecule has 33 heavy (non-hydrogen) atoms. The third-order valence-electron chi connectivity index (χ3n) is 5.09. The maximum Gasteiger partial charge on any atom is 0.242 e. The van der Waals surface area contributed by atoms with E-state index in [0.717, 1.165) is 11.1 Å². The second kappa shape index (κ2) is 13.7. The van der Waals surface area contributed by atoms with Crippen LogP contribution >= 0.6 is 35.0 Å². The maximum absolute atomic E-state index is 13.3. The predicted octanol–water partition coefficient (Wildman–Crippen LogP) is 5.81. The average Bonchev–Trinajstić information content (AvgIpc) is 2.79. The van der Waals surface area contributed by atoms with E-state index in [1.54, 1.807) is 30.2 Å². The summed E-state index contributed by atoms with van der Waals surface area (Å²) in [6.07, 6.45) is 0.515. The van der Waals surface area contributed by atoms with Gasteiger partial charge in [0.1, 0.15) is 11.8 Å². The van der Waals surface area contributed by atoms with Crippen LogP contribution in [-0.2, 0) is 21.9 Å². The number of carbonyl (C=O) groups is 2. The molecule has 1 atom stereocenters. The van der Waals surface area contributed by atoms with E-state index in [4.69, 9.17) is 27.9 Å². The molecule has 1 N–H and O–H groups in total. The van der Waals surface area contributed by atoms with Gasteiger partial charge in [-0.3, -0.25) is 9.59 Å². The van der Waals surface area contributed by atoms with Crippen LogP contribution in [0.3, 0.4) is 0 Å². The average molecular weight is 512 g/mol. The Morgan fingerprint density at radius 1 is 1.12 bits per heavy atom. The molecule has 0 aromatic heterocycles. The summed E-state index contributed by atoms with van der Waals surface area (Å²) in [4.78, 5) is 27.9. The van der Waals surface area contributed by atoms with Gasteiger partial charge in [0.05, 0.1) is 12.9 Å². The smallest absolute Gasteiger partial charge is 0.242 e. The number of hydrogen-bond donors (Lipinski definition) is 1. The van der Waals surface area contributed by atoms with E-state index in [1.807, 2.05) is 45.0 Å². The first kappa shape index (κ1) is 27.4. The number of nitrogens with one attached hydrogen (secondary N) is 1. The summed E-state index contributed by atoms with van der Waals surface area (Å²) in [6, 6.07) is 12.3. The highest BCUT2D eigenvalue weighted by molar-refractivity contribution is 7.99. The molecule has 0 saturated heterocycles. The molecule has 2 rings (SSSR count). The maximum atomic E-state index is 13.3. The lowest BCUT2D eigenvalue weighted by atomic mass is 10.1. The monoisotopic (exact) mass is 510 g/mol. The van der Waals surface area contributed by atoms with Crippen LogP contribution in [0.1, 0.15) is 38.3 Å². The first-order valence-electron chi connectivity index (χ1n) is 11.0. The normalized spacial score (nSPS) is 11.8. The lowest BCUT2D eigenvalue weighted by Crippen LogP contribution is -2.50. The summed E-state index contributed by atoms with van der Waals surface area (Å²) >= 11 is 14.0. The zero-order chi connectivity index (χ0) is 24.4. The number of carbonyl (C=O) groups excluding carboxylic acids is 2. The molecule has 2 amide bonds. The number of benzene rings is 2. The van der Waals surface area contributed by atoms with Gasteiger partial charge in [-0.15, -0.1) is 11.8 Å². The fourth-order valence-electron chi connectivity index (χ4n) is 3.30. The first-order chi connectivity index (χ1) is 15.8. The topological polar surface area (TPSA) is 58.6 Å². The van der Waals surface area contributed by atoms with Crippen molar-refractivity contribution < 1.29 is 14.3 Å². The van der Waals surface area contributed by atoms with Crippen LogP contribution in [0.4, 0.5) is 0 Å². The quantitative estimate of drug-likeness (QED) is 0.391. The molecule has 0 heterocycles. The largest absolute Gasteiger partial charge is 0.497 e. The Balaban J connectivity index is 2.18. The van der Waals surface area contributed by atoms with Gasteiger partial charge >= 0.3 is 0 Å². The number of hydrogen-bond acceptors (Lipinski definition) is 4. The summed E-state index contributed by atoms with van der Waals surface area (Å²) in [5.74, 6) is 1.50. The second-order valence-corrected chi connectivity index (χ2v) is 9.93. The van der Waals surface area contributed by atoms with Crippen molar-refractivity contribution in [2.24, 2.45) is 5.92 Å². The van der Waals surface area contributed by atoms with Gasteiger partial charge in [-0.1, -0.05) is 62.2 Å². The van der Waals surface area contributed by atoms with Crippen molar-refractivity contribution in [2.75, 3.05) is 19.4 Å². The number of methoxy groups -OCH3 is 1. The van der Waals surface area contributed by atoms with E-state index in [0.29, 0.717) is 47.0 Å². The van der Waals surface area contributed by atoms with Crippen molar-refractivity contribution in [3.05, 3.63) is 63.6 Å². The molecule has 180 valence electrons. The standard InChI is InChI=1S/C25H32Cl2N2O3S/c1-5-23(25(31)28-13-17(2)3)29(14-18-8-6-9-19(12-18)32-4)24(30)16-33-15-20-21(26)10-7-11-22(20)27/h6-12,17,23H,5,13-16H2,1-4H3,(H,28,31)/t23-/m0/s1. The summed E-state index contributed by atoms with van der Waals surface area (Å²) < 4.78 is 5.32. The zero-order valence-electron chi connectivity index (χ0n) is 19.6. The SMILES string of the molecule is CC[C@@H](C(=O)NCC(C)C)N(Cc1cccc(OC)c1)C(=O)CSCc1c(Cl)cccc1Cl. The Kier molecular flexibility index (Phi) is 11.4. The Bertz CT molecular complexity index is 919. The van der Waals surface area contributed by atoms with Gasteiger partial charge in [-0.2, -0.15) is 0 Å². The van der Waals surface area contributed by atoms with E-state index in [2.05, 4.69) is 5.32 Å². The van der Waals surface area contributed by atoms with Crippen LogP contribution in [0.25, 0.3) is 0 Å². The summed E-state index contributed by atoms with van der Waals surface area (Å²) in [5.41, 5.74) is 1.71. The summed E-state index contributed by atoms with van der Waals surface area (Å²) in [5, 5.41) is 4.13. The number of amides is 2.